The van der Waals surface area contributed by atoms with Crippen molar-refractivity contribution in [3.8, 4) is 5.69 Å². The molecule has 1 aromatic heterocycles. The number of nitrogens with one attached hydrogen (secondary N) is 1. The molecule has 150 valence electrons. The zero-order valence-electron chi connectivity index (χ0n) is 15.1. The van der Waals surface area contributed by atoms with E-state index in [9.17, 15) is 22.4 Å². The van der Waals surface area contributed by atoms with Gasteiger partial charge in [-0.3, -0.25) is 4.79 Å². The molecule has 11 heteroatoms. The van der Waals surface area contributed by atoms with Crippen LogP contribution < -0.4 is 16.8 Å². The molecule has 0 saturated heterocycles. The van der Waals surface area contributed by atoms with E-state index in [0.717, 1.165) is 12.1 Å². The summed E-state index contributed by atoms with van der Waals surface area (Å²) in [7, 11) is -3.86. The number of aryl methyl sites for hydroxylation is 1. The molecule has 2 aromatic carbocycles. The van der Waals surface area contributed by atoms with Crippen molar-refractivity contribution >= 4 is 27.5 Å². The van der Waals surface area contributed by atoms with Crippen LogP contribution in [0.25, 0.3) is 5.69 Å². The Balaban J connectivity index is 2.03. The summed E-state index contributed by atoms with van der Waals surface area (Å²) in [5.41, 5.74) is 11.0. The zero-order valence-corrected chi connectivity index (χ0v) is 15.9. The molecule has 29 heavy (non-hydrogen) atoms. The van der Waals surface area contributed by atoms with Gasteiger partial charge in [-0.25, -0.2) is 22.3 Å². The minimum Gasteiger partial charge on any atom is -0.364 e. The molecule has 0 spiro atoms. The van der Waals surface area contributed by atoms with Gasteiger partial charge in [-0.15, -0.1) is 0 Å². The molecule has 0 unspecified atom stereocenters. The first-order chi connectivity index (χ1) is 13.6. The van der Waals surface area contributed by atoms with Crippen LogP contribution in [-0.2, 0) is 9.84 Å². The Labute approximate surface area is 165 Å². The van der Waals surface area contributed by atoms with E-state index in [1.54, 1.807) is 6.92 Å². The number of hydrogen-bond acceptors (Lipinski definition) is 5. The second-order valence-corrected chi connectivity index (χ2v) is 8.01. The van der Waals surface area contributed by atoms with E-state index in [1.165, 1.54) is 41.2 Å². The highest BCUT2D eigenvalue weighted by molar-refractivity contribution is 7.91. The number of nitrogens with zero attached hydrogens (tertiary/aromatic N) is 2. The van der Waals surface area contributed by atoms with Gasteiger partial charge in [0.05, 0.1) is 27.4 Å². The number of aromatic nitrogens is 2. The molecule has 0 radical (unpaired) electrons. The van der Waals surface area contributed by atoms with E-state index in [4.69, 9.17) is 11.5 Å². The fourth-order valence-electron chi connectivity index (χ4n) is 2.73. The van der Waals surface area contributed by atoms with E-state index >= 15 is 0 Å². The van der Waals surface area contributed by atoms with Crippen LogP contribution in [0, 0.1) is 12.7 Å². The number of carbonyl (C=O) groups is 2. The maximum atomic E-state index is 13.1. The van der Waals surface area contributed by atoms with Crippen LogP contribution in [0.5, 0.6) is 0 Å². The summed E-state index contributed by atoms with van der Waals surface area (Å²) in [6.45, 7) is 1.58. The Morgan fingerprint density at radius 1 is 1.10 bits per heavy atom. The van der Waals surface area contributed by atoms with Gasteiger partial charge in [0.15, 0.2) is 5.69 Å². The third kappa shape index (κ3) is 3.94. The molecule has 0 saturated carbocycles. The van der Waals surface area contributed by atoms with Crippen molar-refractivity contribution in [2.24, 2.45) is 11.5 Å². The Kier molecular flexibility index (Phi) is 5.08. The van der Waals surface area contributed by atoms with Gasteiger partial charge in [-0.1, -0.05) is 0 Å². The maximum Gasteiger partial charge on any atom is 0.316 e. The molecule has 0 aliphatic carbocycles. The average Bonchev–Trinajstić information content (AvgIpc) is 3.05. The lowest BCUT2D eigenvalue weighted by molar-refractivity contribution is 0.0996. The van der Waals surface area contributed by atoms with Crippen molar-refractivity contribution in [2.45, 2.75) is 16.7 Å². The number of rotatable bonds is 5. The predicted octanol–water partition coefficient (Wildman–Crippen LogP) is 1.74. The first kappa shape index (κ1) is 20.0. The Morgan fingerprint density at radius 3 is 2.31 bits per heavy atom. The van der Waals surface area contributed by atoms with E-state index < -0.39 is 27.6 Å². The number of primary amides is 2. The van der Waals surface area contributed by atoms with Gasteiger partial charge in [0.2, 0.25) is 9.84 Å². The highest BCUT2D eigenvalue weighted by atomic mass is 32.2. The molecule has 0 aliphatic heterocycles. The van der Waals surface area contributed by atoms with Crippen LogP contribution in [0.2, 0.25) is 0 Å². The van der Waals surface area contributed by atoms with E-state index in [-0.39, 0.29) is 21.2 Å². The number of urea groups is 1. The minimum atomic E-state index is -3.86. The van der Waals surface area contributed by atoms with Crippen molar-refractivity contribution in [1.29, 1.82) is 0 Å². The summed E-state index contributed by atoms with van der Waals surface area (Å²) in [5.74, 6) is -1.42. The minimum absolute atomic E-state index is 0.0191. The van der Waals surface area contributed by atoms with E-state index in [1.807, 2.05) is 0 Å². The number of halogens is 1. The number of amides is 3. The molecule has 0 fully saturated rings. The summed E-state index contributed by atoms with van der Waals surface area (Å²) in [4.78, 5) is 22.6. The van der Waals surface area contributed by atoms with Crippen LogP contribution in [0.4, 0.5) is 14.9 Å². The Bertz CT molecular complexity index is 1220. The van der Waals surface area contributed by atoms with Crippen LogP contribution in [0.1, 0.15) is 16.1 Å². The number of nitrogens with two attached hydrogens (primary N) is 2. The van der Waals surface area contributed by atoms with Crippen molar-refractivity contribution in [3.05, 3.63) is 65.7 Å². The van der Waals surface area contributed by atoms with Gasteiger partial charge >= 0.3 is 6.03 Å². The van der Waals surface area contributed by atoms with Gasteiger partial charge < -0.3 is 16.8 Å². The lowest BCUT2D eigenvalue weighted by atomic mass is 10.2. The molecule has 0 atom stereocenters. The van der Waals surface area contributed by atoms with Gasteiger partial charge in [0.25, 0.3) is 5.91 Å². The van der Waals surface area contributed by atoms with Crippen molar-refractivity contribution in [1.82, 2.24) is 9.78 Å². The topological polar surface area (TPSA) is 150 Å². The first-order valence-electron chi connectivity index (χ1n) is 8.17. The number of sulfone groups is 1. The largest absolute Gasteiger partial charge is 0.364 e. The molecule has 3 aromatic rings. The summed E-state index contributed by atoms with van der Waals surface area (Å²) in [6.07, 6.45) is 1.33. The maximum absolute atomic E-state index is 13.1. The van der Waals surface area contributed by atoms with Crippen molar-refractivity contribution < 1.29 is 22.4 Å². The predicted molar refractivity (Wildman–Crippen MR) is 102 cm³/mol. The molecule has 0 aliphatic rings. The molecular weight excluding hydrogens is 401 g/mol. The molecule has 9 nitrogen and oxygen atoms in total. The van der Waals surface area contributed by atoms with Crippen LogP contribution >= 0.6 is 0 Å². The number of anilines is 1. The first-order valence-corrected chi connectivity index (χ1v) is 9.65. The van der Waals surface area contributed by atoms with Crippen LogP contribution in [0.15, 0.2) is 58.5 Å². The van der Waals surface area contributed by atoms with E-state index in [2.05, 4.69) is 10.4 Å². The standard InChI is InChI=1S/C18H16FN5O4S/c1-10-8-12(24-9-14(22-18(21)26)16(23-24)17(20)25)4-7-15(10)29(27,28)13-5-2-11(19)3-6-13/h2-9H,1H3,(H2,20,25)(H3,21,22,26). The lowest BCUT2D eigenvalue weighted by Crippen LogP contribution is -2.22. The fraction of sp³-hybridized carbons (Fsp3) is 0.0556. The highest BCUT2D eigenvalue weighted by Gasteiger charge is 2.21. The van der Waals surface area contributed by atoms with Crippen LogP contribution in [0.3, 0.4) is 0 Å². The molecular formula is C18H16FN5O4S. The Morgan fingerprint density at radius 2 is 1.76 bits per heavy atom. The normalized spacial score (nSPS) is 11.2. The van der Waals surface area contributed by atoms with Gasteiger partial charge in [0, 0.05) is 0 Å². The smallest absolute Gasteiger partial charge is 0.316 e. The summed E-state index contributed by atoms with van der Waals surface area (Å²) >= 11 is 0. The lowest BCUT2D eigenvalue weighted by Gasteiger charge is -2.10. The highest BCUT2D eigenvalue weighted by Crippen LogP contribution is 2.26. The molecule has 3 amide bonds. The number of benzene rings is 2. The number of carbonyl (C=O) groups excluding carboxylic acids is 2. The number of hydrogen-bond donors (Lipinski definition) is 3. The third-order valence-corrected chi connectivity index (χ3v) is 5.97. The molecule has 5 N–H and O–H groups in total. The summed E-state index contributed by atoms with van der Waals surface area (Å²) in [6, 6.07) is 7.98. The third-order valence-electron chi connectivity index (χ3n) is 4.04. The van der Waals surface area contributed by atoms with Crippen molar-refractivity contribution in [3.63, 3.8) is 0 Å². The SMILES string of the molecule is Cc1cc(-n2cc(NC(N)=O)c(C(N)=O)n2)ccc1S(=O)(=O)c1ccc(F)cc1. The monoisotopic (exact) mass is 417 g/mol. The van der Waals surface area contributed by atoms with Gasteiger partial charge in [-0.2, -0.15) is 5.10 Å². The van der Waals surface area contributed by atoms with Gasteiger partial charge in [-0.05, 0) is 55.0 Å². The molecule has 1 heterocycles. The molecule has 3 rings (SSSR count). The molecule has 0 bridgehead atoms. The second-order valence-electron chi connectivity index (χ2n) is 6.10. The summed E-state index contributed by atoms with van der Waals surface area (Å²) < 4.78 is 40.0. The second kappa shape index (κ2) is 7.36. The quantitative estimate of drug-likeness (QED) is 0.540. The average molecular weight is 417 g/mol. The van der Waals surface area contributed by atoms with Gasteiger partial charge in [0.1, 0.15) is 5.82 Å². The zero-order chi connectivity index (χ0) is 21.3. The summed E-state index contributed by atoms with van der Waals surface area (Å²) in [5, 5.41) is 6.26. The Hall–Kier alpha value is -3.73. The fourth-order valence-corrected chi connectivity index (χ4v) is 4.21. The van der Waals surface area contributed by atoms with Crippen molar-refractivity contribution in [2.75, 3.05) is 5.32 Å². The van der Waals surface area contributed by atoms with Crippen LogP contribution in [-0.4, -0.2) is 30.1 Å². The van der Waals surface area contributed by atoms with E-state index in [0.29, 0.717) is 11.3 Å².